The molecular weight excluding hydrogens is 300 g/mol. The van der Waals surface area contributed by atoms with Crippen LogP contribution in [-0.2, 0) is 4.79 Å². The maximum absolute atomic E-state index is 11.8. The lowest BCUT2D eigenvalue weighted by Crippen LogP contribution is -2.46. The van der Waals surface area contributed by atoms with Crippen molar-refractivity contribution in [2.75, 3.05) is 41.3 Å². The van der Waals surface area contributed by atoms with Gasteiger partial charge in [0.25, 0.3) is 0 Å². The minimum Gasteiger partial charge on any atom is -0.368 e. The average Bonchev–Trinajstić information content (AvgIpc) is 3.49. The third-order valence-corrected chi connectivity index (χ3v) is 4.71. The van der Waals surface area contributed by atoms with Crippen molar-refractivity contribution in [1.29, 1.82) is 0 Å². The molecular formula is C19H22N4O. The number of hydrogen-bond donors (Lipinski definition) is 1. The first-order chi connectivity index (χ1) is 11.8. The Morgan fingerprint density at radius 3 is 2.17 bits per heavy atom. The molecule has 0 unspecified atom stereocenters. The van der Waals surface area contributed by atoms with Crippen molar-refractivity contribution in [3.8, 4) is 0 Å². The number of carbonyl (C=O) groups excluding carboxylic acids is 1. The minimum absolute atomic E-state index is 0.103. The number of piperazine rings is 1. The van der Waals surface area contributed by atoms with Gasteiger partial charge in [-0.1, -0.05) is 18.2 Å². The second kappa shape index (κ2) is 6.51. The van der Waals surface area contributed by atoms with E-state index in [-0.39, 0.29) is 11.8 Å². The van der Waals surface area contributed by atoms with Crippen molar-refractivity contribution in [2.24, 2.45) is 5.92 Å². The van der Waals surface area contributed by atoms with Crippen LogP contribution in [-0.4, -0.2) is 37.1 Å². The summed E-state index contributed by atoms with van der Waals surface area (Å²) in [6.07, 6.45) is 3.88. The quantitative estimate of drug-likeness (QED) is 0.940. The fourth-order valence-corrected chi connectivity index (χ4v) is 3.08. The topological polar surface area (TPSA) is 48.5 Å². The number of nitrogens with one attached hydrogen (secondary N) is 1. The molecule has 1 N–H and O–H groups in total. The Hall–Kier alpha value is -2.56. The van der Waals surface area contributed by atoms with E-state index in [9.17, 15) is 4.79 Å². The zero-order chi connectivity index (χ0) is 16.4. The second-order valence-electron chi connectivity index (χ2n) is 6.47. The Morgan fingerprint density at radius 2 is 1.58 bits per heavy atom. The third-order valence-electron chi connectivity index (χ3n) is 4.71. The van der Waals surface area contributed by atoms with Crippen LogP contribution in [0.1, 0.15) is 12.8 Å². The number of benzene rings is 1. The summed E-state index contributed by atoms with van der Waals surface area (Å²) in [5, 5.41) is 2.89. The molecule has 24 heavy (non-hydrogen) atoms. The van der Waals surface area contributed by atoms with Crippen LogP contribution < -0.4 is 15.1 Å². The molecule has 1 aliphatic heterocycles. The van der Waals surface area contributed by atoms with E-state index >= 15 is 0 Å². The molecule has 0 radical (unpaired) electrons. The number of rotatable bonds is 4. The summed E-state index contributed by atoms with van der Waals surface area (Å²) in [7, 11) is 0. The predicted molar refractivity (Wildman–Crippen MR) is 96.5 cm³/mol. The molecule has 0 atom stereocenters. The summed E-state index contributed by atoms with van der Waals surface area (Å²) < 4.78 is 0. The molecule has 1 aromatic carbocycles. The van der Waals surface area contributed by atoms with Gasteiger partial charge in [0, 0.05) is 37.8 Å². The minimum atomic E-state index is 0.103. The van der Waals surface area contributed by atoms with Gasteiger partial charge in [0.05, 0.1) is 11.9 Å². The Labute approximate surface area is 142 Å². The molecule has 2 fully saturated rings. The normalized spacial score (nSPS) is 17.7. The molecule has 2 heterocycles. The van der Waals surface area contributed by atoms with Crippen LogP contribution >= 0.6 is 0 Å². The lowest BCUT2D eigenvalue weighted by Gasteiger charge is -2.37. The van der Waals surface area contributed by atoms with Crippen molar-refractivity contribution in [2.45, 2.75) is 12.8 Å². The largest absolute Gasteiger partial charge is 0.368 e. The molecule has 124 valence electrons. The highest BCUT2D eigenvalue weighted by Gasteiger charge is 2.29. The van der Waals surface area contributed by atoms with Gasteiger partial charge in [-0.2, -0.15) is 0 Å². The Balaban J connectivity index is 1.34. The molecule has 0 spiro atoms. The first kappa shape index (κ1) is 15.0. The molecule has 5 heteroatoms. The van der Waals surface area contributed by atoms with Gasteiger partial charge in [-0.15, -0.1) is 0 Å². The van der Waals surface area contributed by atoms with Gasteiger partial charge < -0.3 is 15.1 Å². The van der Waals surface area contributed by atoms with Gasteiger partial charge in [0.1, 0.15) is 5.82 Å². The monoisotopic (exact) mass is 322 g/mol. The number of amides is 1. The highest BCUT2D eigenvalue weighted by atomic mass is 16.2. The summed E-state index contributed by atoms with van der Waals surface area (Å²) >= 11 is 0. The fraction of sp³-hybridized carbons (Fsp3) is 0.368. The van der Waals surface area contributed by atoms with E-state index in [4.69, 9.17) is 0 Å². The first-order valence-corrected chi connectivity index (χ1v) is 8.61. The van der Waals surface area contributed by atoms with Crippen molar-refractivity contribution < 1.29 is 4.79 Å². The standard InChI is InChI=1S/C19H22N4O/c24-19(15-6-7-15)21-18-9-8-17(14-20-18)23-12-10-22(11-13-23)16-4-2-1-3-5-16/h1-5,8-9,14-15H,6-7,10-13H2,(H,20,21,24). The highest BCUT2D eigenvalue weighted by Crippen LogP contribution is 2.30. The average molecular weight is 322 g/mol. The van der Waals surface area contributed by atoms with Gasteiger partial charge in [-0.25, -0.2) is 4.98 Å². The molecule has 1 aliphatic carbocycles. The van der Waals surface area contributed by atoms with Crippen LogP contribution in [0.4, 0.5) is 17.2 Å². The van der Waals surface area contributed by atoms with E-state index in [1.165, 1.54) is 5.69 Å². The molecule has 0 bridgehead atoms. The number of nitrogens with zero attached hydrogens (tertiary/aromatic N) is 3. The van der Waals surface area contributed by atoms with Gasteiger partial charge >= 0.3 is 0 Å². The highest BCUT2D eigenvalue weighted by molar-refractivity contribution is 5.93. The van der Waals surface area contributed by atoms with E-state index in [2.05, 4.69) is 50.4 Å². The third kappa shape index (κ3) is 3.35. The van der Waals surface area contributed by atoms with Crippen LogP contribution in [0.2, 0.25) is 0 Å². The van der Waals surface area contributed by atoms with Crippen LogP contribution in [0, 0.1) is 5.92 Å². The summed E-state index contributed by atoms with van der Waals surface area (Å²) in [6.45, 7) is 3.96. The van der Waals surface area contributed by atoms with Gasteiger partial charge in [-0.05, 0) is 37.1 Å². The molecule has 2 aromatic rings. The molecule has 1 aromatic heterocycles. The molecule has 1 saturated heterocycles. The molecule has 1 saturated carbocycles. The molecule has 1 amide bonds. The number of hydrogen-bond acceptors (Lipinski definition) is 4. The van der Waals surface area contributed by atoms with Crippen molar-refractivity contribution in [3.63, 3.8) is 0 Å². The number of aromatic nitrogens is 1. The number of para-hydroxylation sites is 1. The smallest absolute Gasteiger partial charge is 0.228 e. The van der Waals surface area contributed by atoms with Crippen LogP contribution in [0.5, 0.6) is 0 Å². The van der Waals surface area contributed by atoms with Gasteiger partial charge in [0.2, 0.25) is 5.91 Å². The lowest BCUT2D eigenvalue weighted by atomic mass is 10.2. The Kier molecular flexibility index (Phi) is 4.07. The lowest BCUT2D eigenvalue weighted by molar-refractivity contribution is -0.117. The van der Waals surface area contributed by atoms with Crippen molar-refractivity contribution in [3.05, 3.63) is 48.7 Å². The summed E-state index contributed by atoms with van der Waals surface area (Å²) in [4.78, 5) is 20.9. The predicted octanol–water partition coefficient (Wildman–Crippen LogP) is 2.76. The maximum Gasteiger partial charge on any atom is 0.228 e. The number of carbonyl (C=O) groups is 1. The van der Waals surface area contributed by atoms with Crippen molar-refractivity contribution >= 4 is 23.1 Å². The van der Waals surface area contributed by atoms with Crippen molar-refractivity contribution in [1.82, 2.24) is 4.98 Å². The van der Waals surface area contributed by atoms with E-state index in [0.29, 0.717) is 5.82 Å². The van der Waals surface area contributed by atoms with Gasteiger partial charge in [-0.3, -0.25) is 4.79 Å². The first-order valence-electron chi connectivity index (χ1n) is 8.61. The Morgan fingerprint density at radius 1 is 0.917 bits per heavy atom. The second-order valence-corrected chi connectivity index (χ2v) is 6.47. The Bertz CT molecular complexity index is 689. The number of anilines is 3. The van der Waals surface area contributed by atoms with E-state index < -0.39 is 0 Å². The summed E-state index contributed by atoms with van der Waals surface area (Å²) in [5.74, 6) is 0.961. The van der Waals surface area contributed by atoms with Crippen LogP contribution in [0.25, 0.3) is 0 Å². The van der Waals surface area contributed by atoms with E-state index in [1.807, 2.05) is 18.3 Å². The zero-order valence-electron chi connectivity index (χ0n) is 13.7. The van der Waals surface area contributed by atoms with E-state index in [1.54, 1.807) is 0 Å². The summed E-state index contributed by atoms with van der Waals surface area (Å²) in [6, 6.07) is 14.5. The summed E-state index contributed by atoms with van der Waals surface area (Å²) in [5.41, 5.74) is 2.40. The molecule has 5 nitrogen and oxygen atoms in total. The van der Waals surface area contributed by atoms with Crippen LogP contribution in [0.15, 0.2) is 48.7 Å². The fourth-order valence-electron chi connectivity index (χ4n) is 3.08. The maximum atomic E-state index is 11.8. The number of pyridine rings is 1. The van der Waals surface area contributed by atoms with Gasteiger partial charge in [0.15, 0.2) is 0 Å². The molecule has 4 rings (SSSR count). The zero-order valence-corrected chi connectivity index (χ0v) is 13.7. The van der Waals surface area contributed by atoms with E-state index in [0.717, 1.165) is 44.7 Å². The van der Waals surface area contributed by atoms with Crippen LogP contribution in [0.3, 0.4) is 0 Å². The SMILES string of the molecule is O=C(Nc1ccc(N2CCN(c3ccccc3)CC2)cn1)C1CC1. The molecule has 2 aliphatic rings.